The fourth-order valence-electron chi connectivity index (χ4n) is 3.27. The first-order valence-corrected chi connectivity index (χ1v) is 9.32. The number of benzene rings is 1. The van der Waals surface area contributed by atoms with Gasteiger partial charge in [-0.25, -0.2) is 0 Å². The first kappa shape index (κ1) is 17.9. The van der Waals surface area contributed by atoms with Gasteiger partial charge in [-0.1, -0.05) is 6.92 Å². The zero-order valence-corrected chi connectivity index (χ0v) is 16.0. The summed E-state index contributed by atoms with van der Waals surface area (Å²) in [5.41, 5.74) is 1.09. The minimum atomic E-state index is -0.118. The second kappa shape index (κ2) is 6.75. The van der Waals surface area contributed by atoms with Gasteiger partial charge in [0, 0.05) is 24.7 Å². The lowest BCUT2D eigenvalue weighted by Crippen LogP contribution is -2.38. The van der Waals surface area contributed by atoms with Crippen molar-refractivity contribution < 1.29 is 4.79 Å². The highest BCUT2D eigenvalue weighted by Gasteiger charge is 2.36. The molecule has 5 nitrogen and oxygen atoms in total. The molecule has 6 heteroatoms. The summed E-state index contributed by atoms with van der Waals surface area (Å²) in [7, 11) is 0. The van der Waals surface area contributed by atoms with E-state index in [1.807, 2.05) is 25.7 Å². The number of aromatic nitrogens is 2. The molecule has 0 aliphatic heterocycles. The molecule has 1 heterocycles. The van der Waals surface area contributed by atoms with Gasteiger partial charge in [-0.2, -0.15) is 0 Å². The number of H-pyrrole nitrogens is 1. The average Bonchev–Trinajstić information content (AvgIpc) is 3.26. The summed E-state index contributed by atoms with van der Waals surface area (Å²) in [6.07, 6.45) is 1.19. The monoisotopic (exact) mass is 359 g/mol. The van der Waals surface area contributed by atoms with E-state index in [4.69, 9.17) is 12.2 Å². The Balaban J connectivity index is 1.98. The molecule has 2 atom stereocenters. The van der Waals surface area contributed by atoms with E-state index in [1.54, 1.807) is 18.2 Å². The number of fused-ring (bicyclic) bond motifs is 1. The minimum absolute atomic E-state index is 0.00925. The van der Waals surface area contributed by atoms with Crippen LogP contribution in [0.2, 0.25) is 0 Å². The summed E-state index contributed by atoms with van der Waals surface area (Å²) >= 11 is 5.26. The van der Waals surface area contributed by atoms with Crippen molar-refractivity contribution >= 4 is 29.0 Å². The van der Waals surface area contributed by atoms with Crippen molar-refractivity contribution in [3.63, 3.8) is 0 Å². The molecular formula is C19H25N3O2S. The number of nitrogens with zero attached hydrogens (tertiary/aromatic N) is 2. The van der Waals surface area contributed by atoms with Crippen molar-refractivity contribution in [1.82, 2.24) is 14.5 Å². The van der Waals surface area contributed by atoms with Crippen LogP contribution in [0.5, 0.6) is 0 Å². The molecule has 1 amide bonds. The zero-order valence-electron chi connectivity index (χ0n) is 15.2. The lowest BCUT2D eigenvalue weighted by Gasteiger charge is -2.27. The van der Waals surface area contributed by atoms with E-state index in [1.165, 1.54) is 11.0 Å². The molecule has 1 aliphatic rings. The van der Waals surface area contributed by atoms with Gasteiger partial charge in [0.25, 0.3) is 11.5 Å². The average molecular weight is 359 g/mol. The summed E-state index contributed by atoms with van der Waals surface area (Å²) in [6.45, 7) is 9.50. The van der Waals surface area contributed by atoms with E-state index in [2.05, 4.69) is 11.9 Å². The SMILES string of the molecule is CCn1c(=S)[nH]c2cc(C(=O)N(C[C@H]3C[C@@H]3C)C(C)C)ccc2c1=O. The van der Waals surface area contributed by atoms with Crippen LogP contribution < -0.4 is 5.56 Å². The molecule has 0 unspecified atom stereocenters. The maximum Gasteiger partial charge on any atom is 0.262 e. The molecule has 1 aromatic carbocycles. The van der Waals surface area contributed by atoms with Crippen LogP contribution in [0.4, 0.5) is 0 Å². The number of rotatable bonds is 5. The van der Waals surface area contributed by atoms with Gasteiger partial charge in [-0.3, -0.25) is 14.2 Å². The van der Waals surface area contributed by atoms with Crippen LogP contribution in [0.1, 0.15) is 44.5 Å². The largest absolute Gasteiger partial charge is 0.336 e. The minimum Gasteiger partial charge on any atom is -0.336 e. The van der Waals surface area contributed by atoms with Gasteiger partial charge in [0.15, 0.2) is 4.77 Å². The quantitative estimate of drug-likeness (QED) is 0.830. The normalized spacial score (nSPS) is 19.4. The van der Waals surface area contributed by atoms with E-state index < -0.39 is 0 Å². The third kappa shape index (κ3) is 3.40. The molecule has 0 saturated heterocycles. The number of nitrogens with one attached hydrogen (secondary N) is 1. The molecule has 1 fully saturated rings. The first-order valence-electron chi connectivity index (χ1n) is 8.91. The predicted octanol–water partition coefficient (Wildman–Crippen LogP) is 3.59. The summed E-state index contributed by atoms with van der Waals surface area (Å²) in [5, 5.41) is 0.555. The van der Waals surface area contributed by atoms with Gasteiger partial charge in [-0.05, 0) is 69.4 Å². The third-order valence-corrected chi connectivity index (χ3v) is 5.46. The number of aromatic amines is 1. The zero-order chi connectivity index (χ0) is 18.3. The van der Waals surface area contributed by atoms with Crippen LogP contribution in [-0.4, -0.2) is 32.9 Å². The fourth-order valence-corrected chi connectivity index (χ4v) is 3.60. The second-order valence-electron chi connectivity index (χ2n) is 7.26. The van der Waals surface area contributed by atoms with E-state index in [-0.39, 0.29) is 17.5 Å². The van der Waals surface area contributed by atoms with E-state index >= 15 is 0 Å². The molecule has 1 N–H and O–H groups in total. The molecule has 1 saturated carbocycles. The molecule has 3 rings (SSSR count). The molecule has 0 bridgehead atoms. The molecule has 0 radical (unpaired) electrons. The van der Waals surface area contributed by atoms with Crippen LogP contribution in [-0.2, 0) is 6.54 Å². The maximum atomic E-state index is 13.0. The van der Waals surface area contributed by atoms with Crippen LogP contribution in [0, 0.1) is 16.6 Å². The van der Waals surface area contributed by atoms with Crippen molar-refractivity contribution in [3.8, 4) is 0 Å². The Kier molecular flexibility index (Phi) is 4.82. The van der Waals surface area contributed by atoms with E-state index in [9.17, 15) is 9.59 Å². The van der Waals surface area contributed by atoms with Gasteiger partial charge in [0.2, 0.25) is 0 Å². The smallest absolute Gasteiger partial charge is 0.262 e. The van der Waals surface area contributed by atoms with Crippen molar-refractivity contribution in [1.29, 1.82) is 0 Å². The maximum absolute atomic E-state index is 13.0. The summed E-state index contributed by atoms with van der Waals surface area (Å²) < 4.78 is 1.91. The molecule has 25 heavy (non-hydrogen) atoms. The Morgan fingerprint density at radius 1 is 1.44 bits per heavy atom. The van der Waals surface area contributed by atoms with Crippen molar-refractivity contribution in [2.45, 2.75) is 46.7 Å². The number of hydrogen-bond donors (Lipinski definition) is 1. The highest BCUT2D eigenvalue weighted by atomic mass is 32.1. The van der Waals surface area contributed by atoms with Gasteiger partial charge in [0.05, 0.1) is 10.9 Å². The van der Waals surface area contributed by atoms with Crippen LogP contribution in [0.15, 0.2) is 23.0 Å². The van der Waals surface area contributed by atoms with Crippen LogP contribution >= 0.6 is 12.2 Å². The Morgan fingerprint density at radius 2 is 2.12 bits per heavy atom. The van der Waals surface area contributed by atoms with Gasteiger partial charge >= 0.3 is 0 Å². The van der Waals surface area contributed by atoms with Gasteiger partial charge in [-0.15, -0.1) is 0 Å². The summed E-state index contributed by atoms with van der Waals surface area (Å²) in [4.78, 5) is 30.5. The molecule has 1 aromatic heterocycles. The van der Waals surface area contributed by atoms with Crippen molar-refractivity contribution in [3.05, 3.63) is 38.9 Å². The molecular weight excluding hydrogens is 334 g/mol. The highest BCUT2D eigenvalue weighted by molar-refractivity contribution is 7.71. The van der Waals surface area contributed by atoms with E-state index in [0.717, 1.165) is 6.54 Å². The van der Waals surface area contributed by atoms with Crippen molar-refractivity contribution in [2.24, 2.45) is 11.8 Å². The lowest BCUT2D eigenvalue weighted by molar-refractivity contribution is 0.0694. The second-order valence-corrected chi connectivity index (χ2v) is 7.65. The van der Waals surface area contributed by atoms with Gasteiger partial charge < -0.3 is 9.88 Å². The number of carbonyl (C=O) groups excluding carboxylic acids is 1. The molecule has 134 valence electrons. The number of amides is 1. The number of hydrogen-bond acceptors (Lipinski definition) is 3. The highest BCUT2D eigenvalue weighted by Crippen LogP contribution is 2.38. The summed E-state index contributed by atoms with van der Waals surface area (Å²) in [6, 6.07) is 5.36. The Hall–Kier alpha value is -1.95. The Bertz CT molecular complexity index is 928. The third-order valence-electron chi connectivity index (χ3n) is 5.14. The van der Waals surface area contributed by atoms with E-state index in [0.29, 0.717) is 39.6 Å². The Morgan fingerprint density at radius 3 is 2.68 bits per heavy atom. The predicted molar refractivity (Wildman–Crippen MR) is 103 cm³/mol. The van der Waals surface area contributed by atoms with Crippen LogP contribution in [0.25, 0.3) is 10.9 Å². The molecule has 1 aliphatic carbocycles. The first-order chi connectivity index (χ1) is 11.8. The lowest BCUT2D eigenvalue weighted by atomic mass is 10.1. The Labute approximate surface area is 152 Å². The summed E-state index contributed by atoms with van der Waals surface area (Å²) in [5.74, 6) is 1.32. The fraction of sp³-hybridized carbons (Fsp3) is 0.526. The molecule has 0 spiro atoms. The topological polar surface area (TPSA) is 58.1 Å². The van der Waals surface area contributed by atoms with Crippen molar-refractivity contribution in [2.75, 3.05) is 6.54 Å². The molecule has 2 aromatic rings. The standard InChI is InChI=1S/C19H25N3O2S/c1-5-21-18(24)15-7-6-13(9-16(15)20-19(21)25)17(23)22(11(2)3)10-14-8-12(14)4/h6-7,9,11-12,14H,5,8,10H2,1-4H3,(H,20,25)/t12-,14+/m0/s1. The number of carbonyl (C=O) groups is 1. The van der Waals surface area contributed by atoms with Crippen LogP contribution in [0.3, 0.4) is 0 Å². The van der Waals surface area contributed by atoms with Gasteiger partial charge in [0.1, 0.15) is 0 Å².